The molecule has 0 amide bonds. The third-order valence-corrected chi connectivity index (χ3v) is 2.73. The Morgan fingerprint density at radius 3 is 1.80 bits per heavy atom. The molecule has 0 saturated carbocycles. The maximum Gasteiger partial charge on any atom is 0.309 e. The summed E-state index contributed by atoms with van der Waals surface area (Å²) in [5.41, 5.74) is -1.95. The Morgan fingerprint density at radius 2 is 1.53 bits per heavy atom. The molecule has 4 heteroatoms. The van der Waals surface area contributed by atoms with Gasteiger partial charge in [0.25, 0.3) is 0 Å². The number of carboxylic acid groups (broad SMARTS) is 2. The highest BCUT2D eigenvalue weighted by Crippen LogP contribution is 2.37. The standard InChI is InChI=1S/C11H20O4/c1-5-6-11(4,9(14)15)7-10(2,3)8(12)13/h5-7H2,1-4H3,(H,12,13)(H,14,15). The summed E-state index contributed by atoms with van der Waals surface area (Å²) in [5, 5.41) is 18.1. The molecule has 0 radical (unpaired) electrons. The van der Waals surface area contributed by atoms with E-state index in [4.69, 9.17) is 10.2 Å². The zero-order valence-electron chi connectivity index (χ0n) is 9.83. The van der Waals surface area contributed by atoms with Gasteiger partial charge < -0.3 is 10.2 Å². The molecule has 0 heterocycles. The zero-order chi connectivity index (χ0) is 12.3. The van der Waals surface area contributed by atoms with Crippen molar-refractivity contribution < 1.29 is 19.8 Å². The van der Waals surface area contributed by atoms with Gasteiger partial charge >= 0.3 is 11.9 Å². The van der Waals surface area contributed by atoms with E-state index in [9.17, 15) is 9.59 Å². The lowest BCUT2D eigenvalue weighted by molar-refractivity contribution is -0.155. The number of hydrogen-bond donors (Lipinski definition) is 2. The van der Waals surface area contributed by atoms with Crippen LogP contribution in [0.3, 0.4) is 0 Å². The van der Waals surface area contributed by atoms with Crippen LogP contribution in [-0.2, 0) is 9.59 Å². The first-order valence-corrected chi connectivity index (χ1v) is 5.12. The van der Waals surface area contributed by atoms with Crippen LogP contribution in [0.5, 0.6) is 0 Å². The van der Waals surface area contributed by atoms with Gasteiger partial charge in [-0.1, -0.05) is 13.3 Å². The molecule has 4 nitrogen and oxygen atoms in total. The summed E-state index contributed by atoms with van der Waals surface area (Å²) in [4.78, 5) is 22.1. The second-order valence-corrected chi connectivity index (χ2v) is 4.98. The molecular formula is C11H20O4. The van der Waals surface area contributed by atoms with Crippen molar-refractivity contribution in [2.45, 2.75) is 47.0 Å². The minimum Gasteiger partial charge on any atom is -0.481 e. The average molecular weight is 216 g/mol. The molecule has 1 atom stereocenters. The average Bonchev–Trinajstić information content (AvgIpc) is 2.02. The summed E-state index contributed by atoms with van der Waals surface area (Å²) >= 11 is 0. The van der Waals surface area contributed by atoms with Crippen LogP contribution >= 0.6 is 0 Å². The normalized spacial score (nSPS) is 15.7. The molecule has 0 aliphatic carbocycles. The summed E-state index contributed by atoms with van der Waals surface area (Å²) in [6.45, 7) is 6.64. The highest BCUT2D eigenvalue weighted by Gasteiger charge is 2.41. The van der Waals surface area contributed by atoms with Crippen LogP contribution in [0.25, 0.3) is 0 Å². The fraction of sp³-hybridized carbons (Fsp3) is 0.818. The number of rotatable bonds is 6. The van der Waals surface area contributed by atoms with Gasteiger partial charge in [0.1, 0.15) is 0 Å². The quantitative estimate of drug-likeness (QED) is 0.714. The predicted molar refractivity (Wildman–Crippen MR) is 56.7 cm³/mol. The first kappa shape index (κ1) is 13.9. The second-order valence-electron chi connectivity index (χ2n) is 4.98. The van der Waals surface area contributed by atoms with Gasteiger partial charge in [-0.05, 0) is 33.6 Å². The number of carboxylic acids is 2. The van der Waals surface area contributed by atoms with Gasteiger partial charge in [0.15, 0.2) is 0 Å². The van der Waals surface area contributed by atoms with E-state index in [1.807, 2.05) is 6.92 Å². The van der Waals surface area contributed by atoms with Gasteiger partial charge in [-0.2, -0.15) is 0 Å². The maximum absolute atomic E-state index is 11.1. The van der Waals surface area contributed by atoms with Crippen molar-refractivity contribution in [1.82, 2.24) is 0 Å². The Hall–Kier alpha value is -1.06. The fourth-order valence-corrected chi connectivity index (χ4v) is 1.87. The Morgan fingerprint density at radius 1 is 1.07 bits per heavy atom. The molecule has 0 spiro atoms. The summed E-state index contributed by atoms with van der Waals surface area (Å²) in [7, 11) is 0. The molecule has 88 valence electrons. The summed E-state index contributed by atoms with van der Waals surface area (Å²) < 4.78 is 0. The summed E-state index contributed by atoms with van der Waals surface area (Å²) in [5.74, 6) is -1.87. The molecular weight excluding hydrogens is 196 g/mol. The number of aliphatic carboxylic acids is 2. The summed E-state index contributed by atoms with van der Waals surface area (Å²) in [6.07, 6.45) is 1.38. The largest absolute Gasteiger partial charge is 0.481 e. The SMILES string of the molecule is CCCC(C)(CC(C)(C)C(=O)O)C(=O)O. The fourth-order valence-electron chi connectivity index (χ4n) is 1.87. The van der Waals surface area contributed by atoms with Gasteiger partial charge in [0, 0.05) is 0 Å². The highest BCUT2D eigenvalue weighted by molar-refractivity contribution is 5.78. The van der Waals surface area contributed by atoms with Crippen molar-refractivity contribution in [3.05, 3.63) is 0 Å². The Labute approximate surface area is 90.3 Å². The molecule has 0 fully saturated rings. The van der Waals surface area contributed by atoms with E-state index in [0.29, 0.717) is 6.42 Å². The van der Waals surface area contributed by atoms with Crippen LogP contribution in [0.4, 0.5) is 0 Å². The van der Waals surface area contributed by atoms with Crippen LogP contribution < -0.4 is 0 Å². The molecule has 0 rings (SSSR count). The minimum absolute atomic E-state index is 0.151. The van der Waals surface area contributed by atoms with Crippen molar-refractivity contribution in [3.8, 4) is 0 Å². The molecule has 0 aliphatic heterocycles. The second kappa shape index (κ2) is 4.64. The monoisotopic (exact) mass is 216 g/mol. The third kappa shape index (κ3) is 3.53. The van der Waals surface area contributed by atoms with Gasteiger partial charge in [-0.3, -0.25) is 9.59 Å². The third-order valence-electron chi connectivity index (χ3n) is 2.73. The molecule has 2 N–H and O–H groups in total. The highest BCUT2D eigenvalue weighted by atomic mass is 16.4. The van der Waals surface area contributed by atoms with Gasteiger partial charge in [0.05, 0.1) is 10.8 Å². The van der Waals surface area contributed by atoms with E-state index < -0.39 is 22.8 Å². The molecule has 0 saturated heterocycles. The predicted octanol–water partition coefficient (Wildman–Crippen LogP) is 2.38. The Balaban J connectivity index is 4.84. The van der Waals surface area contributed by atoms with Gasteiger partial charge in [-0.25, -0.2) is 0 Å². The van der Waals surface area contributed by atoms with E-state index in [-0.39, 0.29) is 6.42 Å². The van der Waals surface area contributed by atoms with Crippen molar-refractivity contribution in [3.63, 3.8) is 0 Å². The molecule has 0 aromatic rings. The minimum atomic E-state index is -0.998. The van der Waals surface area contributed by atoms with Crippen LogP contribution in [0.1, 0.15) is 47.0 Å². The van der Waals surface area contributed by atoms with Gasteiger partial charge in [-0.15, -0.1) is 0 Å². The van der Waals surface area contributed by atoms with Crippen molar-refractivity contribution in [2.24, 2.45) is 10.8 Å². The summed E-state index contributed by atoms with van der Waals surface area (Å²) in [6, 6.07) is 0. The molecule has 0 aromatic carbocycles. The molecule has 0 aliphatic rings. The topological polar surface area (TPSA) is 74.6 Å². The van der Waals surface area contributed by atoms with Crippen molar-refractivity contribution in [1.29, 1.82) is 0 Å². The van der Waals surface area contributed by atoms with Crippen molar-refractivity contribution >= 4 is 11.9 Å². The lowest BCUT2D eigenvalue weighted by Gasteiger charge is -2.31. The number of hydrogen-bond acceptors (Lipinski definition) is 2. The van der Waals surface area contributed by atoms with Gasteiger partial charge in [0.2, 0.25) is 0 Å². The van der Waals surface area contributed by atoms with Crippen molar-refractivity contribution in [2.75, 3.05) is 0 Å². The first-order chi connectivity index (χ1) is 6.65. The Bertz CT molecular complexity index is 257. The Kier molecular flexibility index (Phi) is 4.31. The van der Waals surface area contributed by atoms with Crippen LogP contribution in [-0.4, -0.2) is 22.2 Å². The van der Waals surface area contributed by atoms with E-state index in [2.05, 4.69) is 0 Å². The number of carbonyl (C=O) groups is 2. The maximum atomic E-state index is 11.1. The van der Waals surface area contributed by atoms with Crippen LogP contribution in [0.2, 0.25) is 0 Å². The smallest absolute Gasteiger partial charge is 0.309 e. The lowest BCUT2D eigenvalue weighted by Crippen LogP contribution is -2.36. The first-order valence-electron chi connectivity index (χ1n) is 5.12. The molecule has 15 heavy (non-hydrogen) atoms. The molecule has 0 bridgehead atoms. The van der Waals surface area contributed by atoms with Crippen LogP contribution in [0.15, 0.2) is 0 Å². The van der Waals surface area contributed by atoms with E-state index in [0.717, 1.165) is 6.42 Å². The molecule has 0 aromatic heterocycles. The zero-order valence-corrected chi connectivity index (χ0v) is 9.83. The van der Waals surface area contributed by atoms with E-state index >= 15 is 0 Å². The van der Waals surface area contributed by atoms with E-state index in [1.165, 1.54) is 0 Å². The van der Waals surface area contributed by atoms with E-state index in [1.54, 1.807) is 20.8 Å². The molecule has 1 unspecified atom stereocenters. The van der Waals surface area contributed by atoms with Crippen LogP contribution in [0, 0.1) is 10.8 Å². The lowest BCUT2D eigenvalue weighted by atomic mass is 9.71.